The number of ether oxygens (including phenoxy) is 1. The van der Waals surface area contributed by atoms with Crippen LogP contribution >= 0.6 is 0 Å². The number of carbonyl (C=O) groups is 1. The molecule has 4 rings (SSSR count). The smallest absolute Gasteiger partial charge is 0.410 e. The molecule has 25 heavy (non-hydrogen) atoms. The summed E-state index contributed by atoms with van der Waals surface area (Å²) in [7, 11) is 2.19. The molecule has 2 fully saturated rings. The van der Waals surface area contributed by atoms with Crippen LogP contribution in [0, 0.1) is 0 Å². The lowest BCUT2D eigenvalue weighted by Gasteiger charge is -2.42. The molecule has 1 unspecified atom stereocenters. The molecule has 3 heterocycles. The van der Waals surface area contributed by atoms with Crippen LogP contribution in [-0.4, -0.2) is 79.7 Å². The van der Waals surface area contributed by atoms with Crippen molar-refractivity contribution in [3.05, 3.63) is 29.8 Å². The van der Waals surface area contributed by atoms with Crippen LogP contribution in [0.1, 0.15) is 24.5 Å². The highest BCUT2D eigenvalue weighted by Crippen LogP contribution is 2.32. The average molecular weight is 344 g/mol. The van der Waals surface area contributed by atoms with Crippen LogP contribution in [0.5, 0.6) is 0 Å². The lowest BCUT2D eigenvalue weighted by molar-refractivity contribution is 0.0343. The van der Waals surface area contributed by atoms with Gasteiger partial charge in [0.2, 0.25) is 0 Å². The van der Waals surface area contributed by atoms with Gasteiger partial charge >= 0.3 is 6.09 Å². The Morgan fingerprint density at radius 1 is 1.08 bits per heavy atom. The van der Waals surface area contributed by atoms with Gasteiger partial charge in [-0.15, -0.1) is 0 Å². The third-order valence-electron chi connectivity index (χ3n) is 5.81. The van der Waals surface area contributed by atoms with E-state index in [0.717, 1.165) is 37.4 Å². The summed E-state index contributed by atoms with van der Waals surface area (Å²) in [4.78, 5) is 19.4. The van der Waals surface area contributed by atoms with E-state index in [2.05, 4.69) is 22.2 Å². The Bertz CT molecular complexity index is 607. The van der Waals surface area contributed by atoms with Crippen LogP contribution in [0.25, 0.3) is 0 Å². The van der Waals surface area contributed by atoms with E-state index < -0.39 is 0 Å². The van der Waals surface area contributed by atoms with Gasteiger partial charge in [-0.1, -0.05) is 18.2 Å². The maximum absolute atomic E-state index is 12.5. The summed E-state index contributed by atoms with van der Waals surface area (Å²) in [6, 6.07) is 8.74. The van der Waals surface area contributed by atoms with Gasteiger partial charge in [0.1, 0.15) is 6.10 Å². The maximum atomic E-state index is 12.5. The minimum atomic E-state index is -0.175. The number of nitrogens with zero attached hydrogens (tertiary/aromatic N) is 3. The molecule has 6 nitrogen and oxygen atoms in total. The Labute approximate surface area is 149 Å². The van der Waals surface area contributed by atoms with E-state index in [9.17, 15) is 4.79 Å². The predicted octanol–water partition coefficient (Wildman–Crippen LogP) is 2.00. The minimum absolute atomic E-state index is 0.171. The van der Waals surface area contributed by atoms with E-state index in [0.29, 0.717) is 12.6 Å². The Balaban J connectivity index is 1.27. The Kier molecular flexibility index (Phi) is 4.81. The van der Waals surface area contributed by atoms with Gasteiger partial charge in [-0.05, 0) is 39.0 Å². The van der Waals surface area contributed by atoms with Crippen molar-refractivity contribution in [2.75, 3.05) is 58.2 Å². The standard InChI is InChI=1S/C19H28N4O2/c1-21-8-6-15(7-9-21)22-10-12-23(13-11-22)19(24)25-18-14-20-17-5-3-2-4-16(17)18/h2-5,15,18,20H,6-14H2,1H3. The molecule has 3 aliphatic heterocycles. The number of hydrogen-bond donors (Lipinski definition) is 1. The highest BCUT2D eigenvalue weighted by atomic mass is 16.6. The molecule has 6 heteroatoms. The van der Waals surface area contributed by atoms with Crippen molar-refractivity contribution in [3.8, 4) is 0 Å². The number of carbonyl (C=O) groups excluding carboxylic acids is 1. The fourth-order valence-electron chi connectivity index (χ4n) is 4.18. The molecule has 1 N–H and O–H groups in total. The number of hydrogen-bond acceptors (Lipinski definition) is 5. The summed E-state index contributed by atoms with van der Waals surface area (Å²) >= 11 is 0. The second-order valence-electron chi connectivity index (χ2n) is 7.40. The quantitative estimate of drug-likeness (QED) is 0.889. The highest BCUT2D eigenvalue weighted by molar-refractivity contribution is 5.69. The minimum Gasteiger partial charge on any atom is -0.439 e. The molecule has 1 aromatic carbocycles. The number of rotatable bonds is 2. The van der Waals surface area contributed by atoms with Crippen LogP contribution in [0.3, 0.4) is 0 Å². The average Bonchev–Trinajstić information content (AvgIpc) is 3.06. The molecule has 0 aliphatic carbocycles. The molecule has 0 aromatic heterocycles. The van der Waals surface area contributed by atoms with Crippen molar-refractivity contribution in [1.82, 2.24) is 14.7 Å². The molecule has 0 bridgehead atoms. The fourth-order valence-corrected chi connectivity index (χ4v) is 4.18. The van der Waals surface area contributed by atoms with E-state index in [1.54, 1.807) is 0 Å². The number of likely N-dealkylation sites (tertiary alicyclic amines) is 1. The number of nitrogens with one attached hydrogen (secondary N) is 1. The summed E-state index contributed by atoms with van der Waals surface area (Å²) in [5, 5.41) is 3.30. The lowest BCUT2D eigenvalue weighted by Crippen LogP contribution is -2.54. The SMILES string of the molecule is CN1CCC(N2CCN(C(=O)OC3CNc4ccccc43)CC2)CC1. The van der Waals surface area contributed by atoms with Crippen LogP contribution in [0.4, 0.5) is 10.5 Å². The number of piperidine rings is 1. The number of fused-ring (bicyclic) bond motifs is 1. The normalized spacial score (nSPS) is 25.5. The zero-order valence-corrected chi connectivity index (χ0v) is 15.0. The predicted molar refractivity (Wildman–Crippen MR) is 97.8 cm³/mol. The van der Waals surface area contributed by atoms with Crippen LogP contribution in [-0.2, 0) is 4.74 Å². The summed E-state index contributed by atoms with van der Waals surface area (Å²) in [5.74, 6) is 0. The first kappa shape index (κ1) is 16.7. The second-order valence-corrected chi connectivity index (χ2v) is 7.40. The van der Waals surface area contributed by atoms with E-state index in [1.165, 1.54) is 25.9 Å². The lowest BCUT2D eigenvalue weighted by atomic mass is 10.0. The molecular formula is C19H28N4O2. The number of piperazine rings is 1. The highest BCUT2D eigenvalue weighted by Gasteiger charge is 2.31. The first-order valence-corrected chi connectivity index (χ1v) is 9.41. The first-order valence-electron chi connectivity index (χ1n) is 9.41. The molecule has 1 amide bonds. The Morgan fingerprint density at radius 3 is 2.56 bits per heavy atom. The third kappa shape index (κ3) is 3.60. The van der Waals surface area contributed by atoms with Gasteiger partial charge in [0.25, 0.3) is 0 Å². The summed E-state index contributed by atoms with van der Waals surface area (Å²) < 4.78 is 5.77. The van der Waals surface area contributed by atoms with Crippen LogP contribution in [0.15, 0.2) is 24.3 Å². The molecule has 1 atom stereocenters. The first-order chi connectivity index (χ1) is 12.2. The van der Waals surface area contributed by atoms with Crippen molar-refractivity contribution in [2.24, 2.45) is 0 Å². The van der Waals surface area contributed by atoms with Crippen LogP contribution in [0.2, 0.25) is 0 Å². The molecular weight excluding hydrogens is 316 g/mol. The van der Waals surface area contributed by atoms with E-state index in [1.807, 2.05) is 29.2 Å². The van der Waals surface area contributed by atoms with Gasteiger partial charge in [0.05, 0.1) is 6.54 Å². The van der Waals surface area contributed by atoms with E-state index >= 15 is 0 Å². The van der Waals surface area contributed by atoms with Crippen molar-refractivity contribution < 1.29 is 9.53 Å². The Morgan fingerprint density at radius 2 is 1.80 bits per heavy atom. The van der Waals surface area contributed by atoms with Gasteiger partial charge in [-0.3, -0.25) is 4.90 Å². The van der Waals surface area contributed by atoms with Gasteiger partial charge in [0, 0.05) is 43.5 Å². The number of anilines is 1. The number of amides is 1. The zero-order chi connectivity index (χ0) is 17.2. The molecule has 0 saturated carbocycles. The van der Waals surface area contributed by atoms with Crippen molar-refractivity contribution >= 4 is 11.8 Å². The second kappa shape index (κ2) is 7.22. The van der Waals surface area contributed by atoms with Gasteiger partial charge in [-0.25, -0.2) is 4.79 Å². The monoisotopic (exact) mass is 344 g/mol. The maximum Gasteiger partial charge on any atom is 0.410 e. The fraction of sp³-hybridized carbons (Fsp3) is 0.632. The topological polar surface area (TPSA) is 48.0 Å². The van der Waals surface area contributed by atoms with Gasteiger partial charge in [-0.2, -0.15) is 0 Å². The molecule has 2 saturated heterocycles. The summed E-state index contributed by atoms with van der Waals surface area (Å²) in [6.07, 6.45) is 2.14. The molecule has 1 aromatic rings. The summed E-state index contributed by atoms with van der Waals surface area (Å²) in [5.41, 5.74) is 2.16. The van der Waals surface area contributed by atoms with Gasteiger partial charge in [0.15, 0.2) is 0 Å². The van der Waals surface area contributed by atoms with Crippen molar-refractivity contribution in [3.63, 3.8) is 0 Å². The largest absolute Gasteiger partial charge is 0.439 e. The summed E-state index contributed by atoms with van der Waals surface area (Å²) in [6.45, 7) is 6.49. The van der Waals surface area contributed by atoms with Crippen molar-refractivity contribution in [2.45, 2.75) is 25.0 Å². The molecule has 0 spiro atoms. The van der Waals surface area contributed by atoms with Gasteiger partial charge < -0.3 is 19.9 Å². The number of para-hydroxylation sites is 1. The van der Waals surface area contributed by atoms with Crippen LogP contribution < -0.4 is 5.32 Å². The van der Waals surface area contributed by atoms with E-state index in [4.69, 9.17) is 4.74 Å². The third-order valence-corrected chi connectivity index (χ3v) is 5.81. The zero-order valence-electron chi connectivity index (χ0n) is 15.0. The Hall–Kier alpha value is -1.79. The number of benzene rings is 1. The molecule has 3 aliphatic rings. The molecule has 0 radical (unpaired) electrons. The molecule has 136 valence electrons. The van der Waals surface area contributed by atoms with E-state index in [-0.39, 0.29) is 12.2 Å². The van der Waals surface area contributed by atoms with Crippen molar-refractivity contribution in [1.29, 1.82) is 0 Å².